The molecule has 0 unspecified atom stereocenters. The van der Waals surface area contributed by atoms with Crippen LogP contribution in [0, 0.1) is 17.1 Å². The Bertz CT molecular complexity index is 1820. The maximum atomic E-state index is 13.9. The van der Waals surface area contributed by atoms with E-state index in [4.69, 9.17) is 9.84 Å². The zero-order valence-electron chi connectivity index (χ0n) is 22.7. The van der Waals surface area contributed by atoms with Gasteiger partial charge in [-0.25, -0.2) is 12.8 Å². The predicted octanol–water partition coefficient (Wildman–Crippen LogP) is 4.31. The van der Waals surface area contributed by atoms with Crippen LogP contribution in [0.15, 0.2) is 95.9 Å². The van der Waals surface area contributed by atoms with Crippen LogP contribution in [0.2, 0.25) is 0 Å². The summed E-state index contributed by atoms with van der Waals surface area (Å²) < 4.78 is 48.2. The molecule has 1 aliphatic rings. The van der Waals surface area contributed by atoms with Crippen molar-refractivity contribution in [1.82, 2.24) is 5.32 Å². The molecule has 0 saturated carbocycles. The van der Waals surface area contributed by atoms with Crippen LogP contribution in [0.5, 0.6) is 5.75 Å². The van der Waals surface area contributed by atoms with Gasteiger partial charge in [-0.1, -0.05) is 48.5 Å². The van der Waals surface area contributed by atoms with Gasteiger partial charge in [0.25, 0.3) is 10.0 Å². The number of anilines is 1. The number of amides is 1. The molecule has 11 heteroatoms. The number of hydrogen-bond donors (Lipinski definition) is 2. The molecular weight excluding hydrogens is 573 g/mol. The van der Waals surface area contributed by atoms with E-state index in [0.717, 1.165) is 10.4 Å². The molecule has 0 radical (unpaired) electrons. The second kappa shape index (κ2) is 12.3. The van der Waals surface area contributed by atoms with Crippen LogP contribution in [-0.4, -0.2) is 44.6 Å². The minimum atomic E-state index is -4.18. The predicted molar refractivity (Wildman–Crippen MR) is 156 cm³/mol. The highest BCUT2D eigenvalue weighted by Crippen LogP contribution is 2.37. The minimum absolute atomic E-state index is 0.0407. The average molecular weight is 600 g/mol. The summed E-state index contributed by atoms with van der Waals surface area (Å²) in [6, 6.07) is 24.1. The number of ether oxygens (including phenoxy) is 1. The van der Waals surface area contributed by atoms with E-state index < -0.39 is 33.8 Å². The highest BCUT2D eigenvalue weighted by atomic mass is 32.2. The molecule has 1 aliphatic heterocycles. The van der Waals surface area contributed by atoms with E-state index >= 15 is 0 Å². The molecule has 4 aromatic carbocycles. The van der Waals surface area contributed by atoms with E-state index in [2.05, 4.69) is 5.32 Å². The summed E-state index contributed by atoms with van der Waals surface area (Å²) in [5, 5.41) is 21.0. The van der Waals surface area contributed by atoms with Crippen molar-refractivity contribution in [2.24, 2.45) is 0 Å². The first kappa shape index (κ1) is 29.3. The number of para-hydroxylation sites is 1. The summed E-state index contributed by atoms with van der Waals surface area (Å²) in [7, 11) is -4.18. The molecule has 4 aromatic rings. The van der Waals surface area contributed by atoms with E-state index in [1.54, 1.807) is 60.7 Å². The van der Waals surface area contributed by atoms with Gasteiger partial charge in [0, 0.05) is 6.42 Å². The maximum absolute atomic E-state index is 13.9. The lowest BCUT2D eigenvalue weighted by molar-refractivity contribution is -0.136. The van der Waals surface area contributed by atoms with Crippen LogP contribution in [-0.2, 0) is 32.5 Å². The molecule has 2 N–H and O–H groups in total. The quantitative estimate of drug-likeness (QED) is 0.259. The third-order valence-corrected chi connectivity index (χ3v) is 8.84. The van der Waals surface area contributed by atoms with Gasteiger partial charge in [-0.05, 0) is 64.7 Å². The van der Waals surface area contributed by atoms with Crippen molar-refractivity contribution in [3.63, 3.8) is 0 Å². The van der Waals surface area contributed by atoms with Gasteiger partial charge in [-0.2, -0.15) is 5.26 Å². The van der Waals surface area contributed by atoms with E-state index in [1.807, 2.05) is 6.07 Å². The van der Waals surface area contributed by atoms with Crippen molar-refractivity contribution in [1.29, 1.82) is 5.26 Å². The van der Waals surface area contributed by atoms with Crippen molar-refractivity contribution in [2.75, 3.05) is 17.5 Å². The molecule has 1 amide bonds. The minimum Gasteiger partial charge on any atom is -0.492 e. The van der Waals surface area contributed by atoms with Crippen molar-refractivity contribution >= 4 is 27.6 Å². The van der Waals surface area contributed by atoms with Crippen molar-refractivity contribution in [2.45, 2.75) is 23.8 Å². The molecule has 0 saturated heterocycles. The molecule has 0 aromatic heterocycles. The number of hydrogen-bond acceptors (Lipinski definition) is 6. The summed E-state index contributed by atoms with van der Waals surface area (Å²) >= 11 is 0. The van der Waals surface area contributed by atoms with Crippen molar-refractivity contribution < 1.29 is 32.2 Å². The monoisotopic (exact) mass is 599 g/mol. The zero-order valence-corrected chi connectivity index (χ0v) is 23.6. The highest BCUT2D eigenvalue weighted by Gasteiger charge is 2.42. The number of carbonyl (C=O) groups excluding carboxylic acids is 1. The summed E-state index contributed by atoms with van der Waals surface area (Å²) in [6.45, 7) is 0.232. The van der Waals surface area contributed by atoms with Gasteiger partial charge in [-0.3, -0.25) is 13.9 Å². The standard InChI is InChI=1S/C32H26FN3O6S/c33-25-9-14-28(24(18-25)20-34)22-7-12-27(13-8-22)43(40,41)36-29-4-2-1-3-23(29)19-30(36)32(39)35-15-16-42-26-10-5-21(6-11-26)17-31(37)38/h1-14,18,30H,15-17,19H2,(H,35,39)(H,37,38)/t30-/m0/s1. The zero-order chi connectivity index (χ0) is 30.6. The molecule has 0 aliphatic carbocycles. The molecule has 43 heavy (non-hydrogen) atoms. The van der Waals surface area contributed by atoms with Gasteiger partial charge >= 0.3 is 5.97 Å². The largest absolute Gasteiger partial charge is 0.492 e. The number of nitrogens with zero attached hydrogens (tertiary/aromatic N) is 2. The van der Waals surface area contributed by atoms with Gasteiger partial charge in [0.2, 0.25) is 5.91 Å². The lowest BCUT2D eigenvalue weighted by Gasteiger charge is -2.26. The molecule has 0 bridgehead atoms. The van der Waals surface area contributed by atoms with Crippen LogP contribution in [0.4, 0.5) is 10.1 Å². The fourth-order valence-corrected chi connectivity index (χ4v) is 6.62. The summed E-state index contributed by atoms with van der Waals surface area (Å²) in [5.74, 6) is -1.46. The Kier molecular flexibility index (Phi) is 8.41. The fraction of sp³-hybridized carbons (Fsp3) is 0.156. The molecule has 0 fully saturated rings. The normalized spacial score (nSPS) is 14.0. The number of benzene rings is 4. The molecule has 218 valence electrons. The van der Waals surface area contributed by atoms with Crippen LogP contribution in [0.1, 0.15) is 16.7 Å². The number of rotatable bonds is 10. The number of halogens is 1. The number of carbonyl (C=O) groups is 2. The van der Waals surface area contributed by atoms with E-state index in [-0.39, 0.29) is 36.5 Å². The lowest BCUT2D eigenvalue weighted by Crippen LogP contribution is -2.48. The van der Waals surface area contributed by atoms with Crippen molar-refractivity contribution in [3.8, 4) is 22.9 Å². The van der Waals surface area contributed by atoms with E-state index in [0.29, 0.717) is 33.7 Å². The molecule has 9 nitrogen and oxygen atoms in total. The van der Waals surface area contributed by atoms with Crippen molar-refractivity contribution in [3.05, 3.63) is 114 Å². The van der Waals surface area contributed by atoms with Gasteiger partial charge in [-0.15, -0.1) is 0 Å². The van der Waals surface area contributed by atoms with Gasteiger partial charge in [0.15, 0.2) is 0 Å². The number of sulfonamides is 1. The smallest absolute Gasteiger partial charge is 0.307 e. The molecular formula is C32H26FN3O6S. The first-order chi connectivity index (χ1) is 20.7. The summed E-state index contributed by atoms with van der Waals surface area (Å²) in [5.41, 5.74) is 2.89. The topological polar surface area (TPSA) is 137 Å². The van der Waals surface area contributed by atoms with Gasteiger partial charge in [0.1, 0.15) is 24.2 Å². The molecule has 1 atom stereocenters. The number of carboxylic acids is 1. The highest BCUT2D eigenvalue weighted by molar-refractivity contribution is 7.93. The summed E-state index contributed by atoms with van der Waals surface area (Å²) in [4.78, 5) is 24.1. The Balaban J connectivity index is 1.30. The fourth-order valence-electron chi connectivity index (χ4n) is 4.97. The number of fused-ring (bicyclic) bond motifs is 1. The number of aliphatic carboxylic acids is 1. The Hall–Kier alpha value is -5.21. The Morgan fingerprint density at radius 2 is 1.74 bits per heavy atom. The second-order valence-electron chi connectivity index (χ2n) is 9.83. The van der Waals surface area contributed by atoms with Gasteiger partial charge < -0.3 is 15.2 Å². The van der Waals surface area contributed by atoms with Crippen LogP contribution >= 0.6 is 0 Å². The first-order valence-corrected chi connectivity index (χ1v) is 14.7. The summed E-state index contributed by atoms with van der Waals surface area (Å²) in [6.07, 6.45) is 0.0897. The number of carboxylic acid groups (broad SMARTS) is 1. The van der Waals surface area contributed by atoms with Crippen LogP contribution in [0.25, 0.3) is 11.1 Å². The maximum Gasteiger partial charge on any atom is 0.307 e. The third-order valence-electron chi connectivity index (χ3n) is 7.00. The van der Waals surface area contributed by atoms with Crippen LogP contribution < -0.4 is 14.4 Å². The molecule has 1 heterocycles. The average Bonchev–Trinajstić information content (AvgIpc) is 3.40. The number of nitriles is 1. The Labute approximate surface area is 247 Å². The van der Waals surface area contributed by atoms with E-state index in [9.17, 15) is 27.7 Å². The SMILES string of the molecule is N#Cc1cc(F)ccc1-c1ccc(S(=O)(=O)N2c3ccccc3C[C@H]2C(=O)NCCOc2ccc(CC(=O)O)cc2)cc1. The van der Waals surface area contributed by atoms with E-state index in [1.165, 1.54) is 24.3 Å². The Morgan fingerprint density at radius 3 is 2.44 bits per heavy atom. The third kappa shape index (κ3) is 6.34. The first-order valence-electron chi connectivity index (χ1n) is 13.3. The van der Waals surface area contributed by atoms with Crippen LogP contribution in [0.3, 0.4) is 0 Å². The second-order valence-corrected chi connectivity index (χ2v) is 11.6. The van der Waals surface area contributed by atoms with Gasteiger partial charge in [0.05, 0.1) is 35.2 Å². The number of nitrogens with one attached hydrogen (secondary N) is 1. The molecule has 5 rings (SSSR count). The Morgan fingerprint density at radius 1 is 1.02 bits per heavy atom. The lowest BCUT2D eigenvalue weighted by atomic mass is 10.0. The molecule has 0 spiro atoms.